The van der Waals surface area contributed by atoms with E-state index in [9.17, 15) is 4.79 Å². The van der Waals surface area contributed by atoms with E-state index in [-0.39, 0.29) is 12.0 Å². The van der Waals surface area contributed by atoms with Crippen molar-refractivity contribution in [3.05, 3.63) is 17.7 Å². The number of nitrogens with one attached hydrogen (secondary N) is 1. The van der Waals surface area contributed by atoms with Gasteiger partial charge in [-0.25, -0.2) is 0 Å². The molecule has 1 amide bonds. The fourth-order valence-electron chi connectivity index (χ4n) is 2.05. The maximum Gasteiger partial charge on any atom is 0.224 e. The van der Waals surface area contributed by atoms with Gasteiger partial charge in [0.1, 0.15) is 17.6 Å². The van der Waals surface area contributed by atoms with E-state index in [1.807, 2.05) is 32.9 Å². The van der Waals surface area contributed by atoms with Crippen molar-refractivity contribution < 1.29 is 14.3 Å². The van der Waals surface area contributed by atoms with Gasteiger partial charge >= 0.3 is 0 Å². The molecular formula is C14H19NO3. The van der Waals surface area contributed by atoms with Crippen LogP contribution in [0.4, 0.5) is 5.69 Å². The first kappa shape index (κ1) is 12.7. The molecule has 1 aromatic carbocycles. The topological polar surface area (TPSA) is 47.6 Å². The molecule has 1 atom stereocenters. The zero-order chi connectivity index (χ0) is 13.1. The lowest BCUT2D eigenvalue weighted by molar-refractivity contribution is -0.115. The maximum atomic E-state index is 11.5. The fraction of sp³-hybridized carbons (Fsp3) is 0.500. The average Bonchev–Trinajstić information content (AvgIpc) is 2.69. The molecule has 1 aliphatic heterocycles. The van der Waals surface area contributed by atoms with Crippen LogP contribution >= 0.6 is 0 Å². The van der Waals surface area contributed by atoms with E-state index in [2.05, 4.69) is 5.32 Å². The van der Waals surface area contributed by atoms with Crippen molar-refractivity contribution in [2.45, 2.75) is 39.7 Å². The monoisotopic (exact) mass is 249 g/mol. The molecule has 0 aromatic heterocycles. The van der Waals surface area contributed by atoms with Crippen molar-refractivity contribution >= 4 is 11.6 Å². The molecule has 0 saturated heterocycles. The number of amides is 1. The summed E-state index contributed by atoms with van der Waals surface area (Å²) >= 11 is 0. The first-order valence-electron chi connectivity index (χ1n) is 6.40. The van der Waals surface area contributed by atoms with E-state index >= 15 is 0 Å². The lowest BCUT2D eigenvalue weighted by Gasteiger charge is -2.13. The van der Waals surface area contributed by atoms with E-state index in [0.717, 1.165) is 23.5 Å². The molecule has 0 fully saturated rings. The second-order valence-electron chi connectivity index (χ2n) is 4.42. The Morgan fingerprint density at radius 3 is 2.94 bits per heavy atom. The fourth-order valence-corrected chi connectivity index (χ4v) is 2.05. The number of carbonyl (C=O) groups is 1. The molecule has 1 N–H and O–H groups in total. The molecule has 4 heteroatoms. The van der Waals surface area contributed by atoms with Crippen LogP contribution in [0.1, 0.15) is 32.8 Å². The van der Waals surface area contributed by atoms with Crippen LogP contribution in [-0.4, -0.2) is 18.6 Å². The number of carbonyl (C=O) groups excluding carboxylic acids is 1. The van der Waals surface area contributed by atoms with E-state index in [4.69, 9.17) is 9.47 Å². The van der Waals surface area contributed by atoms with Crippen molar-refractivity contribution in [2.75, 3.05) is 11.9 Å². The van der Waals surface area contributed by atoms with Crippen LogP contribution in [0, 0.1) is 0 Å². The van der Waals surface area contributed by atoms with Crippen LogP contribution in [0.15, 0.2) is 12.1 Å². The lowest BCUT2D eigenvalue weighted by atomic mass is 10.1. The van der Waals surface area contributed by atoms with Crippen LogP contribution in [-0.2, 0) is 11.2 Å². The van der Waals surface area contributed by atoms with Crippen LogP contribution < -0.4 is 14.8 Å². The minimum absolute atomic E-state index is 0.0260. The molecule has 0 saturated carbocycles. The predicted molar refractivity (Wildman–Crippen MR) is 70.3 cm³/mol. The van der Waals surface area contributed by atoms with Gasteiger partial charge in [-0.1, -0.05) is 6.92 Å². The molecule has 98 valence electrons. The summed E-state index contributed by atoms with van der Waals surface area (Å²) in [6, 6.07) is 3.82. The highest BCUT2D eigenvalue weighted by atomic mass is 16.5. The molecule has 4 nitrogen and oxygen atoms in total. The number of benzene rings is 1. The molecule has 18 heavy (non-hydrogen) atoms. The third-order valence-corrected chi connectivity index (χ3v) is 2.89. The van der Waals surface area contributed by atoms with Gasteiger partial charge in [-0.15, -0.1) is 0 Å². The number of anilines is 1. The van der Waals surface area contributed by atoms with Gasteiger partial charge in [0.25, 0.3) is 0 Å². The SMILES string of the molecule is CCOc1cc2c(cc1NC(=O)CC)OC(C)C2. The number of fused-ring (bicyclic) bond motifs is 1. The van der Waals surface area contributed by atoms with Gasteiger partial charge in [-0.05, 0) is 19.9 Å². The predicted octanol–water partition coefficient (Wildman–Crippen LogP) is 2.76. The molecule has 1 aliphatic rings. The largest absolute Gasteiger partial charge is 0.492 e. The third kappa shape index (κ3) is 2.58. The molecular weight excluding hydrogens is 230 g/mol. The van der Waals surface area contributed by atoms with E-state index in [1.165, 1.54) is 0 Å². The molecule has 1 unspecified atom stereocenters. The Morgan fingerprint density at radius 1 is 1.50 bits per heavy atom. The molecule has 0 bridgehead atoms. The Kier molecular flexibility index (Phi) is 3.75. The van der Waals surface area contributed by atoms with Crippen molar-refractivity contribution in [1.29, 1.82) is 0 Å². The van der Waals surface area contributed by atoms with E-state index in [1.54, 1.807) is 0 Å². The van der Waals surface area contributed by atoms with Crippen LogP contribution in [0.5, 0.6) is 11.5 Å². The normalized spacial score (nSPS) is 16.9. The Bertz CT molecular complexity index is 457. The molecule has 0 aliphatic carbocycles. The highest BCUT2D eigenvalue weighted by molar-refractivity contribution is 5.92. The molecule has 0 radical (unpaired) electrons. The smallest absolute Gasteiger partial charge is 0.224 e. The summed E-state index contributed by atoms with van der Waals surface area (Å²) in [5, 5.41) is 2.85. The second-order valence-corrected chi connectivity index (χ2v) is 4.42. The zero-order valence-electron chi connectivity index (χ0n) is 11.1. The average molecular weight is 249 g/mol. The van der Waals surface area contributed by atoms with Gasteiger partial charge in [0.05, 0.1) is 12.3 Å². The Labute approximate surface area is 107 Å². The number of rotatable bonds is 4. The van der Waals surface area contributed by atoms with Gasteiger partial charge < -0.3 is 14.8 Å². The van der Waals surface area contributed by atoms with Crippen LogP contribution in [0.2, 0.25) is 0 Å². The summed E-state index contributed by atoms with van der Waals surface area (Å²) < 4.78 is 11.3. The van der Waals surface area contributed by atoms with Crippen LogP contribution in [0.25, 0.3) is 0 Å². The third-order valence-electron chi connectivity index (χ3n) is 2.89. The van der Waals surface area contributed by atoms with Gasteiger partial charge in [0.15, 0.2) is 0 Å². The molecule has 0 spiro atoms. The summed E-state index contributed by atoms with van der Waals surface area (Å²) in [6.07, 6.45) is 1.52. The minimum Gasteiger partial charge on any atom is -0.492 e. The Balaban J connectivity index is 2.31. The molecule has 1 aromatic rings. The number of hydrogen-bond acceptors (Lipinski definition) is 3. The zero-order valence-corrected chi connectivity index (χ0v) is 11.1. The van der Waals surface area contributed by atoms with Crippen molar-refractivity contribution in [2.24, 2.45) is 0 Å². The quantitative estimate of drug-likeness (QED) is 0.892. The first-order valence-corrected chi connectivity index (χ1v) is 6.40. The minimum atomic E-state index is -0.0260. The second kappa shape index (κ2) is 5.29. The van der Waals surface area contributed by atoms with Crippen molar-refractivity contribution in [1.82, 2.24) is 0 Å². The number of ether oxygens (including phenoxy) is 2. The van der Waals surface area contributed by atoms with Gasteiger partial charge in [0.2, 0.25) is 5.91 Å². The van der Waals surface area contributed by atoms with E-state index in [0.29, 0.717) is 18.7 Å². The lowest BCUT2D eigenvalue weighted by Crippen LogP contribution is -2.11. The van der Waals surface area contributed by atoms with Gasteiger partial charge in [-0.2, -0.15) is 0 Å². The summed E-state index contributed by atoms with van der Waals surface area (Å²) in [5.74, 6) is 1.54. The highest BCUT2D eigenvalue weighted by Gasteiger charge is 2.22. The summed E-state index contributed by atoms with van der Waals surface area (Å²) in [6.45, 7) is 6.36. The summed E-state index contributed by atoms with van der Waals surface area (Å²) in [7, 11) is 0. The Morgan fingerprint density at radius 2 is 2.28 bits per heavy atom. The van der Waals surface area contributed by atoms with Crippen LogP contribution in [0.3, 0.4) is 0 Å². The Hall–Kier alpha value is -1.71. The van der Waals surface area contributed by atoms with E-state index < -0.39 is 0 Å². The maximum absolute atomic E-state index is 11.5. The van der Waals surface area contributed by atoms with Crippen molar-refractivity contribution in [3.63, 3.8) is 0 Å². The molecule has 1 heterocycles. The van der Waals surface area contributed by atoms with Crippen molar-refractivity contribution in [3.8, 4) is 11.5 Å². The van der Waals surface area contributed by atoms with Gasteiger partial charge in [0, 0.05) is 24.5 Å². The summed E-state index contributed by atoms with van der Waals surface area (Å²) in [4.78, 5) is 11.5. The first-order chi connectivity index (χ1) is 8.63. The standard InChI is InChI=1S/C14H19NO3/c1-4-14(16)15-11-8-12-10(6-9(3)18-12)7-13(11)17-5-2/h7-9H,4-6H2,1-3H3,(H,15,16). The van der Waals surface area contributed by atoms with Gasteiger partial charge in [-0.3, -0.25) is 4.79 Å². The summed E-state index contributed by atoms with van der Waals surface area (Å²) in [5.41, 5.74) is 1.83. The molecule has 2 rings (SSSR count). The highest BCUT2D eigenvalue weighted by Crippen LogP contribution is 2.38. The number of hydrogen-bond donors (Lipinski definition) is 1.